The van der Waals surface area contributed by atoms with Gasteiger partial charge in [0.1, 0.15) is 5.52 Å². The molecule has 3 rings (SSSR count). The Kier molecular flexibility index (Phi) is 2.74. The van der Waals surface area contributed by atoms with E-state index in [9.17, 15) is 0 Å². The molecule has 0 fully saturated rings. The fourth-order valence-corrected chi connectivity index (χ4v) is 1.89. The largest absolute Gasteiger partial charge is 0.316 e. The Labute approximate surface area is 104 Å². The van der Waals surface area contributed by atoms with Crippen molar-refractivity contribution in [2.24, 2.45) is 0 Å². The molecule has 0 aliphatic rings. The summed E-state index contributed by atoms with van der Waals surface area (Å²) >= 11 is 0. The van der Waals surface area contributed by atoms with Crippen molar-refractivity contribution in [3.05, 3.63) is 48.2 Å². The molecule has 0 saturated heterocycles. The summed E-state index contributed by atoms with van der Waals surface area (Å²) < 4.78 is 1.75. The lowest BCUT2D eigenvalue weighted by molar-refractivity contribution is 0.786. The number of aromatic nitrogens is 4. The molecule has 18 heavy (non-hydrogen) atoms. The molecule has 0 amide bonds. The van der Waals surface area contributed by atoms with Gasteiger partial charge in [0.25, 0.3) is 0 Å². The van der Waals surface area contributed by atoms with Gasteiger partial charge >= 0.3 is 0 Å². The van der Waals surface area contributed by atoms with Gasteiger partial charge in [0.15, 0.2) is 5.82 Å². The maximum Gasteiger partial charge on any atom is 0.155 e. The van der Waals surface area contributed by atoms with Crippen LogP contribution in [0.4, 0.5) is 0 Å². The van der Waals surface area contributed by atoms with Gasteiger partial charge in [-0.3, -0.25) is 0 Å². The molecule has 90 valence electrons. The SMILES string of the molecule is CNCc1ccc(-n2nnc3ccccc32)nc1. The number of benzene rings is 1. The molecule has 1 aromatic carbocycles. The third-order valence-corrected chi connectivity index (χ3v) is 2.76. The number of para-hydroxylation sites is 1. The lowest BCUT2D eigenvalue weighted by atomic mass is 10.3. The zero-order chi connectivity index (χ0) is 12.4. The lowest BCUT2D eigenvalue weighted by Crippen LogP contribution is -2.06. The van der Waals surface area contributed by atoms with E-state index in [1.807, 2.05) is 49.6 Å². The molecular weight excluding hydrogens is 226 g/mol. The molecular formula is C13H13N5. The minimum atomic E-state index is 0.781. The Morgan fingerprint density at radius 3 is 2.83 bits per heavy atom. The lowest BCUT2D eigenvalue weighted by Gasteiger charge is -2.03. The Morgan fingerprint density at radius 2 is 2.06 bits per heavy atom. The molecule has 1 N–H and O–H groups in total. The highest BCUT2D eigenvalue weighted by molar-refractivity contribution is 5.75. The molecule has 0 bridgehead atoms. The predicted molar refractivity (Wildman–Crippen MR) is 69.4 cm³/mol. The molecule has 0 aliphatic carbocycles. The zero-order valence-electron chi connectivity index (χ0n) is 10.0. The Morgan fingerprint density at radius 1 is 1.17 bits per heavy atom. The maximum absolute atomic E-state index is 4.41. The number of nitrogens with zero attached hydrogens (tertiary/aromatic N) is 4. The molecule has 2 heterocycles. The monoisotopic (exact) mass is 239 g/mol. The van der Waals surface area contributed by atoms with Crippen molar-refractivity contribution in [3.8, 4) is 5.82 Å². The topological polar surface area (TPSA) is 55.6 Å². The van der Waals surface area contributed by atoms with Gasteiger partial charge in [0.05, 0.1) is 5.52 Å². The summed E-state index contributed by atoms with van der Waals surface area (Å²) in [4.78, 5) is 4.41. The zero-order valence-corrected chi connectivity index (χ0v) is 10.0. The summed E-state index contributed by atoms with van der Waals surface area (Å²) in [7, 11) is 1.92. The van der Waals surface area contributed by atoms with E-state index < -0.39 is 0 Å². The molecule has 0 radical (unpaired) electrons. The van der Waals surface area contributed by atoms with Crippen LogP contribution in [0.2, 0.25) is 0 Å². The summed E-state index contributed by atoms with van der Waals surface area (Å²) in [6.07, 6.45) is 1.85. The first kappa shape index (κ1) is 10.9. The summed E-state index contributed by atoms with van der Waals surface area (Å²) in [6, 6.07) is 11.8. The Hall–Kier alpha value is -2.27. The third kappa shape index (κ3) is 1.84. The van der Waals surface area contributed by atoms with Crippen LogP contribution in [-0.2, 0) is 6.54 Å². The van der Waals surface area contributed by atoms with Gasteiger partial charge in [-0.15, -0.1) is 5.10 Å². The minimum Gasteiger partial charge on any atom is -0.316 e. The van der Waals surface area contributed by atoms with E-state index in [4.69, 9.17) is 0 Å². The molecule has 3 aromatic rings. The molecule has 5 heteroatoms. The first-order valence-electron chi connectivity index (χ1n) is 5.79. The quantitative estimate of drug-likeness (QED) is 0.753. The number of rotatable bonds is 3. The normalized spacial score (nSPS) is 10.9. The second-order valence-electron chi connectivity index (χ2n) is 4.04. The highest BCUT2D eigenvalue weighted by atomic mass is 15.4. The van der Waals surface area contributed by atoms with Crippen LogP contribution in [0.25, 0.3) is 16.9 Å². The second-order valence-corrected chi connectivity index (χ2v) is 4.04. The van der Waals surface area contributed by atoms with Crippen LogP contribution >= 0.6 is 0 Å². The number of nitrogens with one attached hydrogen (secondary N) is 1. The van der Waals surface area contributed by atoms with Gasteiger partial charge < -0.3 is 5.32 Å². The predicted octanol–water partition coefficient (Wildman–Crippen LogP) is 1.53. The number of pyridine rings is 1. The van der Waals surface area contributed by atoms with Gasteiger partial charge in [-0.25, -0.2) is 4.98 Å². The van der Waals surface area contributed by atoms with E-state index in [2.05, 4.69) is 20.6 Å². The van der Waals surface area contributed by atoms with Gasteiger partial charge in [-0.1, -0.05) is 23.4 Å². The maximum atomic E-state index is 4.41. The van der Waals surface area contributed by atoms with Crippen molar-refractivity contribution < 1.29 is 0 Å². The van der Waals surface area contributed by atoms with Crippen LogP contribution in [0.15, 0.2) is 42.6 Å². The molecule has 0 aliphatic heterocycles. The van der Waals surface area contributed by atoms with Gasteiger partial charge in [-0.2, -0.15) is 4.68 Å². The van der Waals surface area contributed by atoms with Crippen molar-refractivity contribution in [1.82, 2.24) is 25.3 Å². The van der Waals surface area contributed by atoms with Crippen LogP contribution in [0.3, 0.4) is 0 Å². The smallest absolute Gasteiger partial charge is 0.155 e. The number of hydrogen-bond acceptors (Lipinski definition) is 4. The fraction of sp³-hybridized carbons (Fsp3) is 0.154. The molecule has 0 unspecified atom stereocenters. The van der Waals surface area contributed by atoms with Crippen molar-refractivity contribution in [3.63, 3.8) is 0 Å². The van der Waals surface area contributed by atoms with Crippen molar-refractivity contribution >= 4 is 11.0 Å². The Balaban J connectivity index is 2.03. The molecule has 2 aromatic heterocycles. The highest BCUT2D eigenvalue weighted by Gasteiger charge is 2.06. The first-order valence-corrected chi connectivity index (χ1v) is 5.79. The van der Waals surface area contributed by atoms with Crippen LogP contribution in [-0.4, -0.2) is 27.0 Å². The van der Waals surface area contributed by atoms with E-state index >= 15 is 0 Å². The molecule has 0 spiro atoms. The fourth-order valence-electron chi connectivity index (χ4n) is 1.89. The van der Waals surface area contributed by atoms with Crippen LogP contribution in [0.1, 0.15) is 5.56 Å². The van der Waals surface area contributed by atoms with Crippen molar-refractivity contribution in [2.75, 3.05) is 7.05 Å². The van der Waals surface area contributed by atoms with Crippen LogP contribution in [0.5, 0.6) is 0 Å². The van der Waals surface area contributed by atoms with Gasteiger partial charge in [0, 0.05) is 12.7 Å². The van der Waals surface area contributed by atoms with Crippen LogP contribution in [0, 0.1) is 0 Å². The number of hydrogen-bond donors (Lipinski definition) is 1. The first-order chi connectivity index (χ1) is 8.88. The average Bonchev–Trinajstić information content (AvgIpc) is 2.84. The minimum absolute atomic E-state index is 0.781. The van der Waals surface area contributed by atoms with Gasteiger partial charge in [-0.05, 0) is 30.8 Å². The van der Waals surface area contributed by atoms with E-state index in [-0.39, 0.29) is 0 Å². The summed E-state index contributed by atoms with van der Waals surface area (Å²) in [5.41, 5.74) is 2.98. The molecule has 0 atom stereocenters. The third-order valence-electron chi connectivity index (χ3n) is 2.76. The highest BCUT2D eigenvalue weighted by Crippen LogP contribution is 2.14. The van der Waals surface area contributed by atoms with Crippen LogP contribution < -0.4 is 5.32 Å². The summed E-state index contributed by atoms with van der Waals surface area (Å²) in [6.45, 7) is 0.811. The van der Waals surface area contributed by atoms with E-state index in [1.54, 1.807) is 4.68 Å². The van der Waals surface area contributed by atoms with Crippen molar-refractivity contribution in [1.29, 1.82) is 0 Å². The molecule has 0 saturated carbocycles. The number of fused-ring (bicyclic) bond motifs is 1. The second kappa shape index (κ2) is 4.54. The summed E-state index contributed by atoms with van der Waals surface area (Å²) in [5.74, 6) is 0.781. The average molecular weight is 239 g/mol. The Bertz CT molecular complexity index is 656. The van der Waals surface area contributed by atoms with E-state index in [0.29, 0.717) is 0 Å². The van der Waals surface area contributed by atoms with Crippen molar-refractivity contribution in [2.45, 2.75) is 6.54 Å². The van der Waals surface area contributed by atoms with E-state index in [1.165, 1.54) is 0 Å². The summed E-state index contributed by atoms with van der Waals surface area (Å²) in [5, 5.41) is 11.3. The van der Waals surface area contributed by atoms with Gasteiger partial charge in [0.2, 0.25) is 0 Å². The van der Waals surface area contributed by atoms with E-state index in [0.717, 1.165) is 29.0 Å². The molecule has 5 nitrogen and oxygen atoms in total. The standard InChI is InChI=1S/C13H13N5/c1-14-8-10-6-7-13(15-9-10)18-12-5-3-2-4-11(12)16-17-18/h2-7,9,14H,8H2,1H3.